The highest BCUT2D eigenvalue weighted by atomic mass is 16.5. The van der Waals surface area contributed by atoms with Crippen LogP contribution in [0.1, 0.15) is 37.6 Å². The number of benzene rings is 3. The van der Waals surface area contributed by atoms with Gasteiger partial charge in [0.25, 0.3) is 0 Å². The SMILES string of the molecule is COc1ccc(C=Cc2cc(-c3ccc(OC)c(OC)c3)n(-c3ccc(C(C)(C)C)cc3)n2)cc1OC. The Balaban J connectivity index is 1.78. The summed E-state index contributed by atoms with van der Waals surface area (Å²) in [4.78, 5) is 0. The van der Waals surface area contributed by atoms with E-state index in [2.05, 4.69) is 51.1 Å². The Morgan fingerprint density at radius 1 is 0.649 bits per heavy atom. The molecule has 4 rings (SSSR count). The van der Waals surface area contributed by atoms with Gasteiger partial charge in [0.2, 0.25) is 0 Å². The molecule has 0 atom stereocenters. The highest BCUT2D eigenvalue weighted by Crippen LogP contribution is 2.34. The fourth-order valence-electron chi connectivity index (χ4n) is 4.12. The molecule has 1 aromatic heterocycles. The molecule has 37 heavy (non-hydrogen) atoms. The van der Waals surface area contributed by atoms with Gasteiger partial charge < -0.3 is 18.9 Å². The summed E-state index contributed by atoms with van der Waals surface area (Å²) in [5.41, 5.74) is 6.02. The Kier molecular flexibility index (Phi) is 7.58. The van der Waals surface area contributed by atoms with Crippen LogP contribution in [0.3, 0.4) is 0 Å². The molecule has 1 heterocycles. The van der Waals surface area contributed by atoms with Crippen LogP contribution in [0.15, 0.2) is 66.7 Å². The minimum Gasteiger partial charge on any atom is -0.493 e. The van der Waals surface area contributed by atoms with E-state index in [1.54, 1.807) is 28.4 Å². The smallest absolute Gasteiger partial charge is 0.161 e. The van der Waals surface area contributed by atoms with Crippen molar-refractivity contribution >= 4 is 12.2 Å². The molecular formula is C31H34N2O4. The van der Waals surface area contributed by atoms with Crippen molar-refractivity contribution < 1.29 is 18.9 Å². The predicted octanol–water partition coefficient (Wildman–Crippen LogP) is 7.04. The number of rotatable bonds is 8. The van der Waals surface area contributed by atoms with Crippen LogP contribution in [0.25, 0.3) is 29.1 Å². The fraction of sp³-hybridized carbons (Fsp3) is 0.258. The molecule has 0 aliphatic rings. The second-order valence-electron chi connectivity index (χ2n) is 9.68. The summed E-state index contributed by atoms with van der Waals surface area (Å²) in [7, 11) is 6.54. The van der Waals surface area contributed by atoms with Crippen molar-refractivity contribution in [1.82, 2.24) is 9.78 Å². The molecule has 0 amide bonds. The highest BCUT2D eigenvalue weighted by Gasteiger charge is 2.16. The molecular weight excluding hydrogens is 464 g/mol. The van der Waals surface area contributed by atoms with E-state index in [0.717, 1.165) is 28.2 Å². The van der Waals surface area contributed by atoms with Gasteiger partial charge in [-0.15, -0.1) is 0 Å². The van der Waals surface area contributed by atoms with Crippen LogP contribution in [-0.4, -0.2) is 38.2 Å². The number of aromatic nitrogens is 2. The lowest BCUT2D eigenvalue weighted by molar-refractivity contribution is 0.355. The lowest BCUT2D eigenvalue weighted by Gasteiger charge is -2.19. The second kappa shape index (κ2) is 10.8. The minimum absolute atomic E-state index is 0.0716. The van der Waals surface area contributed by atoms with Crippen LogP contribution < -0.4 is 18.9 Å². The van der Waals surface area contributed by atoms with E-state index in [0.29, 0.717) is 23.0 Å². The first-order valence-electron chi connectivity index (χ1n) is 12.1. The van der Waals surface area contributed by atoms with E-state index < -0.39 is 0 Å². The second-order valence-corrected chi connectivity index (χ2v) is 9.68. The zero-order chi connectivity index (χ0) is 26.6. The zero-order valence-electron chi connectivity index (χ0n) is 22.5. The maximum Gasteiger partial charge on any atom is 0.161 e. The third-order valence-corrected chi connectivity index (χ3v) is 6.24. The van der Waals surface area contributed by atoms with Gasteiger partial charge in [-0.2, -0.15) is 5.10 Å². The standard InChI is InChI=1S/C31H34N2O4/c1-31(2,3)23-11-14-25(15-12-23)33-26(22-10-17-28(35-5)30(19-22)37-7)20-24(32-33)13-8-21-9-16-27(34-4)29(18-21)36-6/h8-20H,1-7H3. The van der Waals surface area contributed by atoms with Gasteiger partial charge in [0.15, 0.2) is 23.0 Å². The normalized spacial score (nSPS) is 11.5. The minimum atomic E-state index is 0.0716. The molecule has 0 aliphatic heterocycles. The molecule has 4 aromatic rings. The molecule has 0 aliphatic carbocycles. The van der Waals surface area contributed by atoms with Crippen LogP contribution >= 0.6 is 0 Å². The van der Waals surface area contributed by atoms with E-state index in [-0.39, 0.29) is 5.41 Å². The summed E-state index contributed by atoms with van der Waals surface area (Å²) >= 11 is 0. The summed E-state index contributed by atoms with van der Waals surface area (Å²) in [5.74, 6) is 2.72. The summed E-state index contributed by atoms with van der Waals surface area (Å²) in [6.07, 6.45) is 4.00. The lowest BCUT2D eigenvalue weighted by atomic mass is 9.87. The van der Waals surface area contributed by atoms with Crippen LogP contribution in [-0.2, 0) is 5.41 Å². The van der Waals surface area contributed by atoms with Gasteiger partial charge in [-0.25, -0.2) is 4.68 Å². The largest absolute Gasteiger partial charge is 0.493 e. The number of ether oxygens (including phenoxy) is 4. The van der Waals surface area contributed by atoms with Gasteiger partial charge in [-0.1, -0.05) is 45.0 Å². The molecule has 0 N–H and O–H groups in total. The number of nitrogens with zero attached hydrogens (tertiary/aromatic N) is 2. The quantitative estimate of drug-likeness (QED) is 0.261. The Labute approximate surface area is 219 Å². The molecule has 0 saturated carbocycles. The molecule has 3 aromatic carbocycles. The third-order valence-electron chi connectivity index (χ3n) is 6.24. The summed E-state index contributed by atoms with van der Waals surface area (Å²) in [6, 6.07) is 22.3. The van der Waals surface area contributed by atoms with Crippen LogP contribution in [0.2, 0.25) is 0 Å². The Bertz CT molecular complexity index is 1400. The van der Waals surface area contributed by atoms with Crippen LogP contribution in [0.5, 0.6) is 23.0 Å². The predicted molar refractivity (Wildman–Crippen MR) is 149 cm³/mol. The Hall–Kier alpha value is -4.19. The van der Waals surface area contributed by atoms with E-state index in [4.69, 9.17) is 24.0 Å². The van der Waals surface area contributed by atoms with Crippen LogP contribution in [0, 0.1) is 0 Å². The van der Waals surface area contributed by atoms with Crippen molar-refractivity contribution in [2.45, 2.75) is 26.2 Å². The van der Waals surface area contributed by atoms with Gasteiger partial charge in [0, 0.05) is 5.56 Å². The van der Waals surface area contributed by atoms with Crippen molar-refractivity contribution in [2.75, 3.05) is 28.4 Å². The third kappa shape index (κ3) is 5.64. The average molecular weight is 499 g/mol. The van der Waals surface area contributed by atoms with Crippen molar-refractivity contribution in [1.29, 1.82) is 0 Å². The molecule has 192 valence electrons. The molecule has 0 radical (unpaired) electrons. The van der Waals surface area contributed by atoms with Gasteiger partial charge in [0.1, 0.15) is 0 Å². The molecule has 6 nitrogen and oxygen atoms in total. The number of methoxy groups -OCH3 is 4. The van der Waals surface area contributed by atoms with Gasteiger partial charge in [0.05, 0.1) is 45.5 Å². The molecule has 0 bridgehead atoms. The monoisotopic (exact) mass is 498 g/mol. The van der Waals surface area contributed by atoms with Crippen molar-refractivity contribution in [2.24, 2.45) is 0 Å². The molecule has 6 heteroatoms. The summed E-state index contributed by atoms with van der Waals surface area (Å²) < 4.78 is 23.7. The Morgan fingerprint density at radius 3 is 1.84 bits per heavy atom. The maximum absolute atomic E-state index is 5.56. The van der Waals surface area contributed by atoms with Gasteiger partial charge in [-0.05, 0) is 71.1 Å². The molecule has 0 fully saturated rings. The lowest BCUT2D eigenvalue weighted by Crippen LogP contribution is -2.11. The number of hydrogen-bond acceptors (Lipinski definition) is 5. The van der Waals surface area contributed by atoms with E-state index in [1.807, 2.05) is 53.2 Å². The Morgan fingerprint density at radius 2 is 1.24 bits per heavy atom. The first-order chi connectivity index (χ1) is 17.8. The summed E-state index contributed by atoms with van der Waals surface area (Å²) in [5, 5.41) is 4.94. The van der Waals surface area contributed by atoms with E-state index >= 15 is 0 Å². The van der Waals surface area contributed by atoms with Crippen molar-refractivity contribution in [3.05, 3.63) is 83.6 Å². The fourth-order valence-corrected chi connectivity index (χ4v) is 4.12. The van der Waals surface area contributed by atoms with E-state index in [9.17, 15) is 0 Å². The van der Waals surface area contributed by atoms with Gasteiger partial charge in [-0.3, -0.25) is 0 Å². The molecule has 0 spiro atoms. The topological polar surface area (TPSA) is 54.7 Å². The first kappa shape index (κ1) is 25.9. The zero-order valence-corrected chi connectivity index (χ0v) is 22.5. The van der Waals surface area contributed by atoms with Crippen LogP contribution in [0.4, 0.5) is 0 Å². The molecule has 0 unspecified atom stereocenters. The van der Waals surface area contributed by atoms with E-state index in [1.165, 1.54) is 5.56 Å². The average Bonchev–Trinajstić information content (AvgIpc) is 3.35. The molecule has 0 saturated heterocycles. The summed E-state index contributed by atoms with van der Waals surface area (Å²) in [6.45, 7) is 6.63. The number of hydrogen-bond donors (Lipinski definition) is 0. The highest BCUT2D eigenvalue weighted by molar-refractivity contribution is 5.74. The maximum atomic E-state index is 5.56. The van der Waals surface area contributed by atoms with Gasteiger partial charge >= 0.3 is 0 Å². The van der Waals surface area contributed by atoms with Crippen molar-refractivity contribution in [3.8, 4) is 39.9 Å². The first-order valence-corrected chi connectivity index (χ1v) is 12.1. The van der Waals surface area contributed by atoms with Crippen molar-refractivity contribution in [3.63, 3.8) is 0 Å².